The standard InChI is InChI=1S/C8H5BrCl3NO/c9-3-8(14)13-7-2-5(11)4(10)1-6(7)12/h1-2H,3H2,(H,13,14). The molecular formula is C8H5BrCl3NO. The maximum atomic E-state index is 11.0. The molecule has 0 fully saturated rings. The highest BCUT2D eigenvalue weighted by atomic mass is 79.9. The fourth-order valence-corrected chi connectivity index (χ4v) is 1.54. The number of carbonyl (C=O) groups is 1. The lowest BCUT2D eigenvalue weighted by molar-refractivity contribution is -0.113. The highest BCUT2D eigenvalue weighted by molar-refractivity contribution is 9.09. The summed E-state index contributed by atoms with van der Waals surface area (Å²) in [6.07, 6.45) is 0. The van der Waals surface area contributed by atoms with Crippen LogP contribution in [0, 0.1) is 0 Å². The Labute approximate surface area is 105 Å². The van der Waals surface area contributed by atoms with Gasteiger partial charge in [-0.25, -0.2) is 0 Å². The Balaban J connectivity index is 2.98. The van der Waals surface area contributed by atoms with Crippen LogP contribution in [0.2, 0.25) is 15.1 Å². The van der Waals surface area contributed by atoms with Crippen molar-refractivity contribution in [2.45, 2.75) is 0 Å². The number of carbonyl (C=O) groups excluding carboxylic acids is 1. The van der Waals surface area contributed by atoms with Gasteiger partial charge in [-0.3, -0.25) is 4.79 Å². The molecule has 0 spiro atoms. The maximum absolute atomic E-state index is 11.0. The minimum atomic E-state index is -0.203. The second kappa shape index (κ2) is 5.21. The van der Waals surface area contributed by atoms with Crippen LogP contribution in [0.4, 0.5) is 5.69 Å². The Morgan fingerprint density at radius 3 is 2.36 bits per heavy atom. The quantitative estimate of drug-likeness (QED) is 0.649. The van der Waals surface area contributed by atoms with Crippen LogP contribution in [0.15, 0.2) is 12.1 Å². The van der Waals surface area contributed by atoms with Crippen molar-refractivity contribution in [3.63, 3.8) is 0 Å². The fraction of sp³-hybridized carbons (Fsp3) is 0.125. The van der Waals surface area contributed by atoms with Crippen molar-refractivity contribution >= 4 is 62.3 Å². The zero-order chi connectivity index (χ0) is 10.7. The number of benzene rings is 1. The van der Waals surface area contributed by atoms with E-state index < -0.39 is 0 Å². The molecule has 1 amide bonds. The number of nitrogens with one attached hydrogen (secondary N) is 1. The van der Waals surface area contributed by atoms with E-state index in [1.165, 1.54) is 12.1 Å². The normalized spacial score (nSPS) is 10.0. The smallest absolute Gasteiger partial charge is 0.235 e. The van der Waals surface area contributed by atoms with Gasteiger partial charge >= 0.3 is 0 Å². The molecule has 0 aliphatic rings. The van der Waals surface area contributed by atoms with Crippen LogP contribution in [-0.4, -0.2) is 11.2 Å². The lowest BCUT2D eigenvalue weighted by atomic mass is 10.3. The molecule has 14 heavy (non-hydrogen) atoms. The average molecular weight is 317 g/mol. The molecule has 1 rings (SSSR count). The van der Waals surface area contributed by atoms with Gasteiger partial charge in [-0.2, -0.15) is 0 Å². The first kappa shape index (κ1) is 12.1. The Bertz CT molecular complexity index is 370. The second-order valence-electron chi connectivity index (χ2n) is 2.43. The summed E-state index contributed by atoms with van der Waals surface area (Å²) in [6.45, 7) is 0. The molecule has 0 aliphatic heterocycles. The van der Waals surface area contributed by atoms with Crippen LogP contribution in [0.1, 0.15) is 0 Å². The van der Waals surface area contributed by atoms with Gasteiger partial charge in [0.15, 0.2) is 0 Å². The van der Waals surface area contributed by atoms with Gasteiger partial charge in [0, 0.05) is 0 Å². The van der Waals surface area contributed by atoms with Crippen molar-refractivity contribution in [3.8, 4) is 0 Å². The molecule has 1 N–H and O–H groups in total. The van der Waals surface area contributed by atoms with E-state index in [0.717, 1.165) is 0 Å². The first-order valence-electron chi connectivity index (χ1n) is 3.55. The van der Waals surface area contributed by atoms with Gasteiger partial charge < -0.3 is 5.32 Å². The first-order chi connectivity index (χ1) is 6.54. The Hall–Kier alpha value is 0.0400. The summed E-state index contributed by atoms with van der Waals surface area (Å²) in [5, 5.41) is 3.82. The molecule has 0 radical (unpaired) electrons. The summed E-state index contributed by atoms with van der Waals surface area (Å²) in [5.74, 6) is -0.203. The highest BCUT2D eigenvalue weighted by Gasteiger charge is 2.08. The monoisotopic (exact) mass is 315 g/mol. The van der Waals surface area contributed by atoms with Crippen molar-refractivity contribution < 1.29 is 4.79 Å². The molecule has 1 aromatic rings. The van der Waals surface area contributed by atoms with E-state index in [4.69, 9.17) is 34.8 Å². The summed E-state index contributed by atoms with van der Waals surface area (Å²) in [4.78, 5) is 11.0. The lowest BCUT2D eigenvalue weighted by Crippen LogP contribution is -2.12. The van der Waals surface area contributed by atoms with Crippen molar-refractivity contribution in [3.05, 3.63) is 27.2 Å². The Morgan fingerprint density at radius 2 is 1.79 bits per heavy atom. The second-order valence-corrected chi connectivity index (χ2v) is 4.21. The van der Waals surface area contributed by atoms with Gasteiger partial charge in [-0.15, -0.1) is 0 Å². The SMILES string of the molecule is O=C(CBr)Nc1cc(Cl)c(Cl)cc1Cl. The van der Waals surface area contributed by atoms with E-state index in [1.54, 1.807) is 0 Å². The summed E-state index contributed by atoms with van der Waals surface area (Å²) >= 11 is 20.3. The van der Waals surface area contributed by atoms with Gasteiger partial charge in [0.25, 0.3) is 0 Å². The maximum Gasteiger partial charge on any atom is 0.235 e. The van der Waals surface area contributed by atoms with E-state index in [9.17, 15) is 4.79 Å². The number of anilines is 1. The lowest BCUT2D eigenvalue weighted by Gasteiger charge is -2.06. The minimum absolute atomic E-state index is 0.198. The molecule has 0 bridgehead atoms. The molecule has 1 aromatic carbocycles. The molecule has 0 unspecified atom stereocenters. The molecule has 0 aromatic heterocycles. The van der Waals surface area contributed by atoms with Crippen LogP contribution in [0.3, 0.4) is 0 Å². The van der Waals surface area contributed by atoms with E-state index in [2.05, 4.69) is 21.2 Å². The zero-order valence-electron chi connectivity index (χ0n) is 6.78. The summed E-state index contributed by atoms with van der Waals surface area (Å²) < 4.78 is 0. The van der Waals surface area contributed by atoms with Gasteiger partial charge in [-0.1, -0.05) is 50.7 Å². The minimum Gasteiger partial charge on any atom is -0.324 e. The van der Waals surface area contributed by atoms with Gasteiger partial charge in [0.1, 0.15) is 0 Å². The van der Waals surface area contributed by atoms with Gasteiger partial charge in [0.2, 0.25) is 5.91 Å². The predicted molar refractivity (Wildman–Crippen MR) is 63.9 cm³/mol. The highest BCUT2D eigenvalue weighted by Crippen LogP contribution is 2.32. The first-order valence-corrected chi connectivity index (χ1v) is 5.80. The number of hydrogen-bond donors (Lipinski definition) is 1. The van der Waals surface area contributed by atoms with E-state index in [1.807, 2.05) is 0 Å². The summed E-state index contributed by atoms with van der Waals surface area (Å²) in [7, 11) is 0. The van der Waals surface area contributed by atoms with Crippen molar-refractivity contribution in [1.82, 2.24) is 0 Å². The molecule has 0 atom stereocenters. The molecule has 0 saturated carbocycles. The zero-order valence-corrected chi connectivity index (χ0v) is 10.6. The Morgan fingerprint density at radius 1 is 1.21 bits per heavy atom. The largest absolute Gasteiger partial charge is 0.324 e. The van der Waals surface area contributed by atoms with Crippen LogP contribution in [0.5, 0.6) is 0 Å². The van der Waals surface area contributed by atoms with Crippen LogP contribution >= 0.6 is 50.7 Å². The third-order valence-electron chi connectivity index (χ3n) is 1.41. The van der Waals surface area contributed by atoms with E-state index >= 15 is 0 Å². The summed E-state index contributed by atoms with van der Waals surface area (Å²) in [5.41, 5.74) is 0.450. The number of amides is 1. The molecule has 0 saturated heterocycles. The topological polar surface area (TPSA) is 29.1 Å². The van der Waals surface area contributed by atoms with Crippen molar-refractivity contribution in [2.75, 3.05) is 10.6 Å². The number of halogens is 4. The number of hydrogen-bond acceptors (Lipinski definition) is 1. The van der Waals surface area contributed by atoms with Crippen LogP contribution < -0.4 is 5.32 Å². The number of rotatable bonds is 2. The predicted octanol–water partition coefficient (Wildman–Crippen LogP) is 3.98. The molecule has 76 valence electrons. The third-order valence-corrected chi connectivity index (χ3v) is 2.95. The van der Waals surface area contributed by atoms with E-state index in [0.29, 0.717) is 20.8 Å². The van der Waals surface area contributed by atoms with Crippen LogP contribution in [0.25, 0.3) is 0 Å². The molecular weight excluding hydrogens is 312 g/mol. The van der Waals surface area contributed by atoms with Crippen LogP contribution in [-0.2, 0) is 4.79 Å². The van der Waals surface area contributed by atoms with Crippen molar-refractivity contribution in [1.29, 1.82) is 0 Å². The summed E-state index contributed by atoms with van der Waals surface area (Å²) in [6, 6.07) is 2.99. The van der Waals surface area contributed by atoms with E-state index in [-0.39, 0.29) is 11.2 Å². The molecule has 2 nitrogen and oxygen atoms in total. The average Bonchev–Trinajstić information content (AvgIpc) is 2.14. The Kier molecular flexibility index (Phi) is 4.51. The third kappa shape index (κ3) is 3.02. The molecule has 0 aliphatic carbocycles. The molecule has 0 heterocycles. The molecule has 6 heteroatoms. The fourth-order valence-electron chi connectivity index (χ4n) is 0.802. The van der Waals surface area contributed by atoms with Gasteiger partial charge in [-0.05, 0) is 12.1 Å². The van der Waals surface area contributed by atoms with Gasteiger partial charge in [0.05, 0.1) is 26.1 Å². The van der Waals surface area contributed by atoms with Crippen molar-refractivity contribution in [2.24, 2.45) is 0 Å². The number of alkyl halides is 1.